The highest BCUT2D eigenvalue weighted by atomic mass is 16.5. The SMILES string of the molecule is CCc1nc(-c2cc3c(cc2OC)C(NC)CC3)c(CC)nc1NC(CC)CC. The number of nitrogens with one attached hydrogen (secondary N) is 2. The van der Waals surface area contributed by atoms with Crippen LogP contribution in [0, 0.1) is 0 Å². The van der Waals surface area contributed by atoms with Gasteiger partial charge in [0.1, 0.15) is 11.6 Å². The largest absolute Gasteiger partial charge is 0.496 e. The predicted octanol–water partition coefficient (Wildman–Crippen LogP) is 5.08. The number of rotatable bonds is 9. The van der Waals surface area contributed by atoms with E-state index in [4.69, 9.17) is 14.7 Å². The number of ether oxygens (including phenoxy) is 1. The summed E-state index contributed by atoms with van der Waals surface area (Å²) in [6.45, 7) is 8.72. The van der Waals surface area contributed by atoms with Gasteiger partial charge >= 0.3 is 0 Å². The third-order valence-electron chi connectivity index (χ3n) is 6.18. The van der Waals surface area contributed by atoms with Gasteiger partial charge in [-0.1, -0.05) is 27.7 Å². The van der Waals surface area contributed by atoms with Gasteiger partial charge in [-0.2, -0.15) is 0 Å². The summed E-state index contributed by atoms with van der Waals surface area (Å²) >= 11 is 0. The molecule has 0 bridgehead atoms. The minimum Gasteiger partial charge on any atom is -0.496 e. The topological polar surface area (TPSA) is 59.1 Å². The van der Waals surface area contributed by atoms with E-state index in [0.717, 1.165) is 72.7 Å². The Balaban J connectivity index is 2.11. The maximum Gasteiger partial charge on any atom is 0.148 e. The number of hydrogen-bond acceptors (Lipinski definition) is 5. The van der Waals surface area contributed by atoms with Crippen LogP contribution < -0.4 is 15.4 Å². The molecule has 1 unspecified atom stereocenters. The van der Waals surface area contributed by atoms with E-state index in [1.54, 1.807) is 7.11 Å². The third-order valence-corrected chi connectivity index (χ3v) is 6.18. The smallest absolute Gasteiger partial charge is 0.148 e. The van der Waals surface area contributed by atoms with E-state index in [2.05, 4.69) is 50.5 Å². The zero-order valence-electron chi connectivity index (χ0n) is 18.9. The molecule has 0 saturated carbocycles. The van der Waals surface area contributed by atoms with Gasteiger partial charge in [0.05, 0.1) is 24.2 Å². The summed E-state index contributed by atoms with van der Waals surface area (Å²) < 4.78 is 5.81. The van der Waals surface area contributed by atoms with E-state index in [1.807, 2.05) is 7.05 Å². The van der Waals surface area contributed by atoms with Crippen LogP contribution in [0.15, 0.2) is 12.1 Å². The van der Waals surface area contributed by atoms with Crippen molar-refractivity contribution in [1.29, 1.82) is 0 Å². The van der Waals surface area contributed by atoms with Crippen molar-refractivity contribution in [3.63, 3.8) is 0 Å². The van der Waals surface area contributed by atoms with Gasteiger partial charge in [0.2, 0.25) is 0 Å². The highest BCUT2D eigenvalue weighted by Crippen LogP contribution is 2.40. The van der Waals surface area contributed by atoms with Crippen LogP contribution in [0.1, 0.15) is 75.5 Å². The molecule has 0 aliphatic heterocycles. The molecule has 0 amide bonds. The molecular formula is C24H36N4O. The molecule has 158 valence electrons. The number of hydrogen-bond donors (Lipinski definition) is 2. The van der Waals surface area contributed by atoms with Gasteiger partial charge in [-0.25, -0.2) is 9.97 Å². The minimum absolute atomic E-state index is 0.405. The van der Waals surface area contributed by atoms with Crippen molar-refractivity contribution >= 4 is 5.82 Å². The number of benzene rings is 1. The molecule has 0 fully saturated rings. The zero-order chi connectivity index (χ0) is 21.0. The summed E-state index contributed by atoms with van der Waals surface area (Å²) in [6.07, 6.45) is 6.06. The quantitative estimate of drug-likeness (QED) is 0.619. The summed E-state index contributed by atoms with van der Waals surface area (Å²) in [5.41, 5.74) is 6.82. The lowest BCUT2D eigenvalue weighted by Crippen LogP contribution is -2.20. The van der Waals surface area contributed by atoms with Gasteiger partial charge in [-0.15, -0.1) is 0 Å². The maximum absolute atomic E-state index is 5.81. The monoisotopic (exact) mass is 396 g/mol. The number of methoxy groups -OCH3 is 1. The highest BCUT2D eigenvalue weighted by Gasteiger charge is 2.25. The van der Waals surface area contributed by atoms with E-state index in [1.165, 1.54) is 11.1 Å². The molecule has 1 aromatic heterocycles. The first-order valence-corrected chi connectivity index (χ1v) is 11.1. The Hall–Kier alpha value is -2.14. The highest BCUT2D eigenvalue weighted by molar-refractivity contribution is 5.72. The average Bonchev–Trinajstić information content (AvgIpc) is 3.17. The van der Waals surface area contributed by atoms with E-state index in [-0.39, 0.29) is 0 Å². The predicted molar refractivity (Wildman–Crippen MR) is 121 cm³/mol. The third kappa shape index (κ3) is 4.25. The fraction of sp³-hybridized carbons (Fsp3) is 0.583. The lowest BCUT2D eigenvalue weighted by atomic mass is 9.99. The number of nitrogens with zero attached hydrogens (tertiary/aromatic N) is 2. The van der Waals surface area contributed by atoms with E-state index in [0.29, 0.717) is 12.1 Å². The van der Waals surface area contributed by atoms with Crippen LogP contribution in [0.4, 0.5) is 5.82 Å². The van der Waals surface area contributed by atoms with Gasteiger partial charge in [0.15, 0.2) is 0 Å². The van der Waals surface area contributed by atoms with Gasteiger partial charge < -0.3 is 15.4 Å². The van der Waals surface area contributed by atoms with Crippen LogP contribution in [0.3, 0.4) is 0 Å². The number of aromatic nitrogens is 2. The van der Waals surface area contributed by atoms with Crippen LogP contribution in [-0.4, -0.2) is 30.2 Å². The summed E-state index contributed by atoms with van der Waals surface area (Å²) in [5.74, 6) is 1.83. The van der Waals surface area contributed by atoms with E-state index in [9.17, 15) is 0 Å². The first kappa shape index (κ1) is 21.6. The summed E-state index contributed by atoms with van der Waals surface area (Å²) in [5, 5.41) is 7.04. The summed E-state index contributed by atoms with van der Waals surface area (Å²) in [4.78, 5) is 10.1. The molecule has 1 atom stereocenters. The lowest BCUT2D eigenvalue weighted by Gasteiger charge is -2.21. The molecular weight excluding hydrogens is 360 g/mol. The number of fused-ring (bicyclic) bond motifs is 1. The van der Waals surface area contributed by atoms with Crippen molar-refractivity contribution in [1.82, 2.24) is 15.3 Å². The van der Waals surface area contributed by atoms with Crippen LogP contribution >= 0.6 is 0 Å². The molecule has 1 aliphatic carbocycles. The summed E-state index contributed by atoms with van der Waals surface area (Å²) in [7, 11) is 3.78. The Bertz CT molecular complexity index is 845. The fourth-order valence-electron chi connectivity index (χ4n) is 4.31. The van der Waals surface area contributed by atoms with Crippen molar-refractivity contribution in [3.8, 4) is 17.0 Å². The molecule has 2 N–H and O–H groups in total. The van der Waals surface area contributed by atoms with Crippen molar-refractivity contribution in [2.45, 2.75) is 78.3 Å². The molecule has 1 aromatic carbocycles. The Kier molecular flexibility index (Phi) is 7.12. The molecule has 0 radical (unpaired) electrons. The molecule has 0 saturated heterocycles. The molecule has 5 nitrogen and oxygen atoms in total. The Morgan fingerprint density at radius 1 is 1.07 bits per heavy atom. The van der Waals surface area contributed by atoms with Crippen molar-refractivity contribution in [2.75, 3.05) is 19.5 Å². The normalized spacial score (nSPS) is 15.6. The van der Waals surface area contributed by atoms with Crippen molar-refractivity contribution < 1.29 is 4.74 Å². The van der Waals surface area contributed by atoms with Crippen molar-refractivity contribution in [3.05, 3.63) is 34.6 Å². The van der Waals surface area contributed by atoms with Gasteiger partial charge in [0.25, 0.3) is 0 Å². The Morgan fingerprint density at radius 2 is 1.79 bits per heavy atom. The zero-order valence-corrected chi connectivity index (χ0v) is 18.9. The second-order valence-corrected chi connectivity index (χ2v) is 7.81. The fourth-order valence-corrected chi connectivity index (χ4v) is 4.31. The van der Waals surface area contributed by atoms with Crippen LogP contribution in [0.2, 0.25) is 0 Å². The molecule has 0 spiro atoms. The Morgan fingerprint density at radius 3 is 2.38 bits per heavy atom. The minimum atomic E-state index is 0.405. The number of anilines is 1. The van der Waals surface area contributed by atoms with E-state index < -0.39 is 0 Å². The van der Waals surface area contributed by atoms with Gasteiger partial charge in [0, 0.05) is 17.6 Å². The van der Waals surface area contributed by atoms with Gasteiger partial charge in [-0.3, -0.25) is 0 Å². The Labute approximate surface area is 175 Å². The second-order valence-electron chi connectivity index (χ2n) is 7.81. The lowest BCUT2D eigenvalue weighted by molar-refractivity contribution is 0.415. The van der Waals surface area contributed by atoms with Crippen LogP contribution in [0.25, 0.3) is 11.3 Å². The molecule has 1 heterocycles. The first-order valence-electron chi connectivity index (χ1n) is 11.1. The van der Waals surface area contributed by atoms with Gasteiger partial charge in [-0.05, 0) is 68.8 Å². The standard InChI is InChI=1S/C24H36N4O/c1-7-16(8-2)26-24-20(10-4)27-23(19(9-3)28-24)18-13-15-11-12-21(25-5)17(15)14-22(18)29-6/h13-14,16,21,25H,7-12H2,1-6H3,(H,26,28). The maximum atomic E-state index is 5.81. The molecule has 3 rings (SSSR count). The molecule has 5 heteroatoms. The first-order chi connectivity index (χ1) is 14.1. The molecule has 1 aliphatic rings. The van der Waals surface area contributed by atoms with Crippen molar-refractivity contribution in [2.24, 2.45) is 0 Å². The molecule has 2 aromatic rings. The number of aryl methyl sites for hydroxylation is 3. The van der Waals surface area contributed by atoms with Crippen LogP contribution in [-0.2, 0) is 19.3 Å². The second kappa shape index (κ2) is 9.57. The van der Waals surface area contributed by atoms with Crippen LogP contribution in [0.5, 0.6) is 5.75 Å². The average molecular weight is 397 g/mol. The molecule has 29 heavy (non-hydrogen) atoms. The van der Waals surface area contributed by atoms with E-state index >= 15 is 0 Å². The summed E-state index contributed by atoms with van der Waals surface area (Å²) in [6, 6.07) is 5.31.